The molecule has 1 N–H and O–H groups in total. The Labute approximate surface area is 117 Å². The average molecular weight is 311 g/mol. The van der Waals surface area contributed by atoms with Crippen LogP contribution in [-0.2, 0) is 0 Å². The number of methoxy groups -OCH3 is 1. The largest absolute Gasteiger partial charge is 0.497 e. The highest BCUT2D eigenvalue weighted by Gasteiger charge is 2.36. The topological polar surface area (TPSA) is 24.5 Å². The molecule has 2 heterocycles. The van der Waals surface area contributed by atoms with E-state index in [1.54, 1.807) is 7.11 Å². The highest BCUT2D eigenvalue weighted by Crippen LogP contribution is 2.32. The van der Waals surface area contributed by atoms with E-state index in [0.29, 0.717) is 6.04 Å². The summed E-state index contributed by atoms with van der Waals surface area (Å²) >= 11 is 3.53. The molecule has 3 rings (SSSR count). The van der Waals surface area contributed by atoms with Crippen LogP contribution in [0, 0.1) is 0 Å². The van der Waals surface area contributed by atoms with Crippen molar-refractivity contribution in [1.29, 1.82) is 0 Å². The normalized spacial score (nSPS) is 27.2. The Morgan fingerprint density at radius 1 is 1.28 bits per heavy atom. The molecule has 2 saturated heterocycles. The molecule has 0 bridgehead atoms. The van der Waals surface area contributed by atoms with Crippen molar-refractivity contribution in [2.45, 2.75) is 31.3 Å². The molecule has 2 aliphatic heterocycles. The molecule has 0 aromatic heterocycles. The van der Waals surface area contributed by atoms with E-state index in [1.807, 2.05) is 6.07 Å². The summed E-state index contributed by atoms with van der Waals surface area (Å²) < 4.78 is 6.37. The van der Waals surface area contributed by atoms with Crippen LogP contribution in [0.3, 0.4) is 0 Å². The molecule has 4 heteroatoms. The van der Waals surface area contributed by atoms with Crippen LogP contribution in [0.1, 0.15) is 19.3 Å². The van der Waals surface area contributed by atoms with Gasteiger partial charge in [-0.3, -0.25) is 4.90 Å². The standard InChI is InChI=1S/C14H19BrN2O/c1-18-12-8-10(15)7-11(9-12)16-13-4-6-17-5-2-3-14(13)17/h7-9,13-14,16H,2-6H2,1H3. The second-order valence-corrected chi connectivity index (χ2v) is 6.08. The molecule has 0 saturated carbocycles. The van der Waals surface area contributed by atoms with E-state index in [1.165, 1.54) is 32.4 Å². The molecule has 2 atom stereocenters. The molecule has 2 unspecified atom stereocenters. The zero-order valence-corrected chi connectivity index (χ0v) is 12.2. The van der Waals surface area contributed by atoms with E-state index in [2.05, 4.69) is 38.3 Å². The lowest BCUT2D eigenvalue weighted by Crippen LogP contribution is -2.33. The molecule has 2 fully saturated rings. The van der Waals surface area contributed by atoms with Gasteiger partial charge >= 0.3 is 0 Å². The van der Waals surface area contributed by atoms with Gasteiger partial charge in [-0.2, -0.15) is 0 Å². The number of benzene rings is 1. The van der Waals surface area contributed by atoms with Crippen LogP contribution in [0.4, 0.5) is 5.69 Å². The van der Waals surface area contributed by atoms with E-state index in [0.717, 1.165) is 22.0 Å². The molecule has 2 aliphatic rings. The lowest BCUT2D eigenvalue weighted by atomic mass is 10.1. The molecule has 18 heavy (non-hydrogen) atoms. The zero-order chi connectivity index (χ0) is 12.5. The minimum atomic E-state index is 0.589. The Morgan fingerprint density at radius 2 is 2.17 bits per heavy atom. The van der Waals surface area contributed by atoms with Gasteiger partial charge in [0, 0.05) is 34.9 Å². The highest BCUT2D eigenvalue weighted by molar-refractivity contribution is 9.10. The van der Waals surface area contributed by atoms with Crippen molar-refractivity contribution in [2.75, 3.05) is 25.5 Å². The van der Waals surface area contributed by atoms with Crippen LogP contribution in [0.2, 0.25) is 0 Å². The molecule has 98 valence electrons. The van der Waals surface area contributed by atoms with E-state index in [-0.39, 0.29) is 0 Å². The maximum Gasteiger partial charge on any atom is 0.122 e. The van der Waals surface area contributed by atoms with Gasteiger partial charge in [-0.1, -0.05) is 15.9 Å². The number of ether oxygens (including phenoxy) is 1. The van der Waals surface area contributed by atoms with Gasteiger partial charge in [0.15, 0.2) is 0 Å². The SMILES string of the molecule is COc1cc(Br)cc(NC2CCN3CCCC23)c1. The Kier molecular flexibility index (Phi) is 3.48. The lowest BCUT2D eigenvalue weighted by Gasteiger charge is -2.22. The number of anilines is 1. The predicted molar refractivity (Wildman–Crippen MR) is 77.3 cm³/mol. The number of nitrogens with one attached hydrogen (secondary N) is 1. The molecular weight excluding hydrogens is 292 g/mol. The van der Waals surface area contributed by atoms with Gasteiger partial charge in [-0.25, -0.2) is 0 Å². The van der Waals surface area contributed by atoms with Gasteiger partial charge in [-0.15, -0.1) is 0 Å². The Hall–Kier alpha value is -0.740. The third-order valence-corrected chi connectivity index (χ3v) is 4.52. The average Bonchev–Trinajstić information content (AvgIpc) is 2.93. The molecule has 0 aliphatic carbocycles. The summed E-state index contributed by atoms with van der Waals surface area (Å²) in [6, 6.07) is 7.51. The fourth-order valence-corrected chi connectivity index (χ4v) is 3.70. The maximum absolute atomic E-state index is 5.31. The van der Waals surface area contributed by atoms with E-state index < -0.39 is 0 Å². The van der Waals surface area contributed by atoms with Crippen LogP contribution >= 0.6 is 15.9 Å². The van der Waals surface area contributed by atoms with Crippen molar-refractivity contribution in [3.8, 4) is 5.75 Å². The van der Waals surface area contributed by atoms with E-state index >= 15 is 0 Å². The Bertz CT molecular complexity index is 438. The van der Waals surface area contributed by atoms with Crippen molar-refractivity contribution in [3.63, 3.8) is 0 Å². The molecule has 3 nitrogen and oxygen atoms in total. The first kappa shape index (κ1) is 12.3. The van der Waals surface area contributed by atoms with Crippen molar-refractivity contribution >= 4 is 21.6 Å². The van der Waals surface area contributed by atoms with Gasteiger partial charge in [-0.05, 0) is 37.9 Å². The number of halogens is 1. The van der Waals surface area contributed by atoms with E-state index in [9.17, 15) is 0 Å². The summed E-state index contributed by atoms with van der Waals surface area (Å²) in [7, 11) is 1.71. The molecule has 0 radical (unpaired) electrons. The monoisotopic (exact) mass is 310 g/mol. The first-order chi connectivity index (χ1) is 8.76. The van der Waals surface area contributed by atoms with Crippen LogP contribution in [0.5, 0.6) is 5.75 Å². The van der Waals surface area contributed by atoms with Crippen LogP contribution < -0.4 is 10.1 Å². The summed E-state index contributed by atoms with van der Waals surface area (Å²) in [5.41, 5.74) is 1.15. The summed E-state index contributed by atoms with van der Waals surface area (Å²) in [5.74, 6) is 0.896. The Balaban J connectivity index is 1.74. The summed E-state index contributed by atoms with van der Waals surface area (Å²) in [4.78, 5) is 2.62. The van der Waals surface area contributed by atoms with Gasteiger partial charge < -0.3 is 10.1 Å². The first-order valence-electron chi connectivity index (χ1n) is 6.61. The van der Waals surface area contributed by atoms with Gasteiger partial charge in [0.1, 0.15) is 5.75 Å². The molecule has 0 amide bonds. The van der Waals surface area contributed by atoms with Crippen LogP contribution in [0.25, 0.3) is 0 Å². The zero-order valence-electron chi connectivity index (χ0n) is 10.7. The summed E-state index contributed by atoms with van der Waals surface area (Å²) in [5, 5.41) is 3.68. The van der Waals surface area contributed by atoms with E-state index in [4.69, 9.17) is 4.74 Å². The molecule has 0 spiro atoms. The second kappa shape index (κ2) is 5.10. The minimum absolute atomic E-state index is 0.589. The number of fused-ring (bicyclic) bond motifs is 1. The van der Waals surface area contributed by atoms with Gasteiger partial charge in [0.05, 0.1) is 7.11 Å². The number of rotatable bonds is 3. The van der Waals surface area contributed by atoms with Crippen molar-refractivity contribution in [1.82, 2.24) is 4.90 Å². The number of hydrogen-bond donors (Lipinski definition) is 1. The van der Waals surface area contributed by atoms with Crippen LogP contribution in [-0.4, -0.2) is 37.2 Å². The fourth-order valence-electron chi connectivity index (χ4n) is 3.23. The highest BCUT2D eigenvalue weighted by atomic mass is 79.9. The van der Waals surface area contributed by atoms with Crippen molar-refractivity contribution in [2.24, 2.45) is 0 Å². The third kappa shape index (κ3) is 2.36. The third-order valence-electron chi connectivity index (χ3n) is 4.07. The maximum atomic E-state index is 5.31. The molecule has 1 aromatic rings. The van der Waals surface area contributed by atoms with Gasteiger partial charge in [0.25, 0.3) is 0 Å². The predicted octanol–water partition coefficient (Wildman–Crippen LogP) is 3.11. The van der Waals surface area contributed by atoms with Gasteiger partial charge in [0.2, 0.25) is 0 Å². The fraction of sp³-hybridized carbons (Fsp3) is 0.571. The quantitative estimate of drug-likeness (QED) is 0.928. The first-order valence-corrected chi connectivity index (χ1v) is 7.41. The van der Waals surface area contributed by atoms with Crippen molar-refractivity contribution in [3.05, 3.63) is 22.7 Å². The summed E-state index contributed by atoms with van der Waals surface area (Å²) in [6.07, 6.45) is 3.94. The minimum Gasteiger partial charge on any atom is -0.497 e. The number of hydrogen-bond acceptors (Lipinski definition) is 3. The lowest BCUT2D eigenvalue weighted by molar-refractivity contribution is 0.318. The molecule has 1 aromatic carbocycles. The second-order valence-electron chi connectivity index (χ2n) is 5.16. The Morgan fingerprint density at radius 3 is 3.00 bits per heavy atom. The van der Waals surface area contributed by atoms with Crippen LogP contribution in [0.15, 0.2) is 22.7 Å². The summed E-state index contributed by atoms with van der Waals surface area (Å²) in [6.45, 7) is 2.53. The number of nitrogens with zero attached hydrogens (tertiary/aromatic N) is 1. The molecular formula is C14H19BrN2O. The van der Waals surface area contributed by atoms with Crippen molar-refractivity contribution < 1.29 is 4.74 Å². The smallest absolute Gasteiger partial charge is 0.122 e.